The van der Waals surface area contributed by atoms with E-state index in [1.807, 2.05) is 29.2 Å². The molecular weight excluding hydrogens is 286 g/mol. The van der Waals surface area contributed by atoms with Crippen molar-refractivity contribution in [2.75, 3.05) is 32.1 Å². The molecule has 5 nitrogen and oxygen atoms in total. The lowest BCUT2D eigenvalue weighted by Crippen LogP contribution is -2.32. The van der Waals surface area contributed by atoms with Crippen LogP contribution in [0, 0.1) is 0 Å². The first-order chi connectivity index (χ1) is 10.2. The van der Waals surface area contributed by atoms with Crippen molar-refractivity contribution >= 4 is 28.9 Å². The van der Waals surface area contributed by atoms with Crippen LogP contribution in [0.15, 0.2) is 24.3 Å². The molecule has 1 heterocycles. The number of nitrogens with one attached hydrogen (secondary N) is 2. The molecule has 2 rings (SSSR count). The zero-order valence-electron chi connectivity index (χ0n) is 12.2. The topological polar surface area (TPSA) is 53.6 Å². The maximum atomic E-state index is 11.5. The molecule has 6 heteroatoms. The fraction of sp³-hybridized carbons (Fsp3) is 0.467. The van der Waals surface area contributed by atoms with Crippen molar-refractivity contribution in [1.82, 2.24) is 10.2 Å². The summed E-state index contributed by atoms with van der Waals surface area (Å²) in [5, 5.41) is 6.85. The summed E-state index contributed by atoms with van der Waals surface area (Å²) in [5.41, 5.74) is 0.919. The van der Waals surface area contributed by atoms with E-state index in [0.29, 0.717) is 11.5 Å². The van der Waals surface area contributed by atoms with E-state index in [-0.39, 0.29) is 5.91 Å². The van der Waals surface area contributed by atoms with Crippen LogP contribution in [0.25, 0.3) is 0 Å². The summed E-state index contributed by atoms with van der Waals surface area (Å²) >= 11 is 5.23. The number of rotatable bonds is 6. The molecule has 21 heavy (non-hydrogen) atoms. The van der Waals surface area contributed by atoms with Crippen molar-refractivity contribution in [3.8, 4) is 5.75 Å². The second-order valence-corrected chi connectivity index (χ2v) is 5.36. The monoisotopic (exact) mass is 307 g/mol. The van der Waals surface area contributed by atoms with Crippen LogP contribution in [0.5, 0.6) is 5.75 Å². The fourth-order valence-electron chi connectivity index (χ4n) is 2.26. The molecule has 1 fully saturated rings. The number of carbonyl (C=O) groups excluding carboxylic acids is 1. The number of benzene rings is 1. The standard InChI is InChI=1S/C15H21N3O2S/c1-20-13-7-5-12(6-8-13)17-15(21)16-9-3-11-18-10-2-4-14(18)19/h5-8H,2-4,9-11H2,1H3,(H2,16,17,21). The van der Waals surface area contributed by atoms with Crippen molar-refractivity contribution in [3.63, 3.8) is 0 Å². The lowest BCUT2D eigenvalue weighted by molar-refractivity contribution is -0.127. The van der Waals surface area contributed by atoms with Gasteiger partial charge in [0.2, 0.25) is 5.91 Å². The number of nitrogens with zero attached hydrogens (tertiary/aromatic N) is 1. The second kappa shape index (κ2) is 7.83. The molecule has 1 amide bonds. The van der Waals surface area contributed by atoms with E-state index >= 15 is 0 Å². The molecule has 114 valence electrons. The highest BCUT2D eigenvalue weighted by molar-refractivity contribution is 7.80. The van der Waals surface area contributed by atoms with E-state index in [9.17, 15) is 4.79 Å². The van der Waals surface area contributed by atoms with E-state index in [1.54, 1.807) is 7.11 Å². The van der Waals surface area contributed by atoms with E-state index in [4.69, 9.17) is 17.0 Å². The van der Waals surface area contributed by atoms with Crippen molar-refractivity contribution < 1.29 is 9.53 Å². The molecular formula is C15H21N3O2S. The second-order valence-electron chi connectivity index (χ2n) is 4.95. The Kier molecular flexibility index (Phi) is 5.80. The minimum atomic E-state index is 0.272. The zero-order valence-corrected chi connectivity index (χ0v) is 13.0. The Bertz CT molecular complexity index is 490. The van der Waals surface area contributed by atoms with Crippen molar-refractivity contribution in [2.24, 2.45) is 0 Å². The first kappa shape index (κ1) is 15.6. The van der Waals surface area contributed by atoms with Gasteiger partial charge >= 0.3 is 0 Å². The minimum Gasteiger partial charge on any atom is -0.497 e. The number of likely N-dealkylation sites (tertiary alicyclic amines) is 1. The molecule has 1 aromatic rings. The smallest absolute Gasteiger partial charge is 0.222 e. The van der Waals surface area contributed by atoms with Crippen LogP contribution in [0.3, 0.4) is 0 Å². The molecule has 0 unspecified atom stereocenters. The third kappa shape index (κ3) is 4.90. The molecule has 0 aliphatic carbocycles. The molecule has 0 atom stereocenters. The normalized spacial score (nSPS) is 14.1. The summed E-state index contributed by atoms with van der Waals surface area (Å²) in [7, 11) is 1.64. The van der Waals surface area contributed by atoms with E-state index < -0.39 is 0 Å². The van der Waals surface area contributed by atoms with Gasteiger partial charge in [0.15, 0.2) is 5.11 Å². The summed E-state index contributed by atoms with van der Waals surface area (Å²) in [5.74, 6) is 1.09. The molecule has 2 N–H and O–H groups in total. The van der Waals surface area contributed by atoms with E-state index in [2.05, 4.69) is 10.6 Å². The van der Waals surface area contributed by atoms with Crippen LogP contribution in [0.2, 0.25) is 0 Å². The number of hydrogen-bond donors (Lipinski definition) is 2. The van der Waals surface area contributed by atoms with Crippen molar-refractivity contribution in [1.29, 1.82) is 0 Å². The fourth-order valence-corrected chi connectivity index (χ4v) is 2.48. The van der Waals surface area contributed by atoms with Gasteiger partial charge in [-0.15, -0.1) is 0 Å². The van der Waals surface area contributed by atoms with Gasteiger partial charge in [0, 0.05) is 31.7 Å². The lowest BCUT2D eigenvalue weighted by atomic mass is 10.3. The molecule has 0 radical (unpaired) electrons. The van der Waals surface area contributed by atoms with Gasteiger partial charge in [-0.05, 0) is 49.3 Å². The number of anilines is 1. The number of ether oxygens (including phenoxy) is 1. The van der Waals surface area contributed by atoms with Gasteiger partial charge in [0.1, 0.15) is 5.75 Å². The third-order valence-corrected chi connectivity index (χ3v) is 3.66. The molecule has 0 bridgehead atoms. The van der Waals surface area contributed by atoms with Crippen LogP contribution < -0.4 is 15.4 Å². The third-order valence-electron chi connectivity index (χ3n) is 3.41. The molecule has 0 aromatic heterocycles. The van der Waals surface area contributed by atoms with Gasteiger partial charge < -0.3 is 20.3 Å². The number of methoxy groups -OCH3 is 1. The average Bonchev–Trinajstić information content (AvgIpc) is 2.90. The summed E-state index contributed by atoms with van der Waals surface area (Å²) in [6.07, 6.45) is 2.59. The number of thiocarbonyl (C=S) groups is 1. The maximum absolute atomic E-state index is 11.5. The van der Waals surface area contributed by atoms with Gasteiger partial charge in [-0.1, -0.05) is 0 Å². The highest BCUT2D eigenvalue weighted by Gasteiger charge is 2.18. The van der Waals surface area contributed by atoms with Crippen LogP contribution >= 0.6 is 12.2 Å². The largest absolute Gasteiger partial charge is 0.497 e. The Labute approximate surface area is 130 Å². The van der Waals surface area contributed by atoms with Gasteiger partial charge in [-0.3, -0.25) is 4.79 Å². The summed E-state index contributed by atoms with van der Waals surface area (Å²) in [6.45, 7) is 2.45. The molecule has 1 saturated heterocycles. The zero-order chi connectivity index (χ0) is 15.1. The quantitative estimate of drug-likeness (QED) is 0.622. The SMILES string of the molecule is COc1ccc(NC(=S)NCCCN2CCCC2=O)cc1. The maximum Gasteiger partial charge on any atom is 0.222 e. The van der Waals surface area contributed by atoms with Gasteiger partial charge in [-0.2, -0.15) is 0 Å². The molecule has 0 spiro atoms. The molecule has 0 saturated carbocycles. The number of amides is 1. The predicted octanol–water partition coefficient (Wildman–Crippen LogP) is 1.99. The Morgan fingerprint density at radius 2 is 2.14 bits per heavy atom. The first-order valence-corrected chi connectivity index (χ1v) is 7.56. The Morgan fingerprint density at radius 1 is 1.38 bits per heavy atom. The number of hydrogen-bond acceptors (Lipinski definition) is 3. The van der Waals surface area contributed by atoms with Crippen LogP contribution in [0.1, 0.15) is 19.3 Å². The Balaban J connectivity index is 1.63. The van der Waals surface area contributed by atoms with Crippen LogP contribution in [0.4, 0.5) is 5.69 Å². The van der Waals surface area contributed by atoms with Gasteiger partial charge in [0.25, 0.3) is 0 Å². The molecule has 1 aliphatic heterocycles. The van der Waals surface area contributed by atoms with Gasteiger partial charge in [-0.25, -0.2) is 0 Å². The lowest BCUT2D eigenvalue weighted by Gasteiger charge is -2.16. The van der Waals surface area contributed by atoms with Crippen molar-refractivity contribution in [2.45, 2.75) is 19.3 Å². The Hall–Kier alpha value is -1.82. The highest BCUT2D eigenvalue weighted by Crippen LogP contribution is 2.14. The van der Waals surface area contributed by atoms with Crippen molar-refractivity contribution in [3.05, 3.63) is 24.3 Å². The van der Waals surface area contributed by atoms with E-state index in [1.165, 1.54) is 0 Å². The molecule has 1 aromatic carbocycles. The first-order valence-electron chi connectivity index (χ1n) is 7.16. The Morgan fingerprint density at radius 3 is 2.76 bits per heavy atom. The van der Waals surface area contributed by atoms with Crippen LogP contribution in [-0.4, -0.2) is 42.7 Å². The minimum absolute atomic E-state index is 0.272. The molecule has 1 aliphatic rings. The highest BCUT2D eigenvalue weighted by atomic mass is 32.1. The summed E-state index contributed by atoms with van der Waals surface area (Å²) in [4.78, 5) is 13.4. The van der Waals surface area contributed by atoms with Crippen LogP contribution in [-0.2, 0) is 4.79 Å². The summed E-state index contributed by atoms with van der Waals surface area (Å²) in [6, 6.07) is 7.58. The van der Waals surface area contributed by atoms with Gasteiger partial charge in [0.05, 0.1) is 7.11 Å². The van der Waals surface area contributed by atoms with E-state index in [0.717, 1.165) is 43.9 Å². The number of carbonyl (C=O) groups is 1. The predicted molar refractivity (Wildman–Crippen MR) is 87.6 cm³/mol. The average molecular weight is 307 g/mol. The summed E-state index contributed by atoms with van der Waals surface area (Å²) < 4.78 is 5.10.